The molecular formula is C17H22Cl2N2O5. The lowest BCUT2D eigenvalue weighted by atomic mass is 10.1. The topological polar surface area (TPSA) is 97.2 Å². The first-order valence-electron chi connectivity index (χ1n) is 7.91. The summed E-state index contributed by atoms with van der Waals surface area (Å²) in [7, 11) is 0. The molecule has 0 fully saturated rings. The number of benzene rings is 1. The average Bonchev–Trinajstić information content (AvgIpc) is 2.51. The fourth-order valence-electron chi connectivity index (χ4n) is 1.78. The monoisotopic (exact) mass is 404 g/mol. The Hall–Kier alpha value is -1.99. The van der Waals surface area contributed by atoms with E-state index < -0.39 is 17.7 Å². The minimum Gasteiger partial charge on any atom is -0.481 e. The highest BCUT2D eigenvalue weighted by Gasteiger charge is 2.15. The van der Waals surface area contributed by atoms with Crippen LogP contribution in [0.25, 0.3) is 0 Å². The standard InChI is InChI=1S/C17H22Cl2N2O5/c1-17(2,3)26-16(24)20-8-9-25-21-14(6-7-15(22)23)11-4-5-12(18)13(19)10-11/h4-5,10H,6-9H2,1-3H3,(H,20,24)(H,22,23)/b21-14+. The SMILES string of the molecule is CC(C)(C)OC(=O)NCCO/N=C(\CCC(=O)O)c1ccc(Cl)c(Cl)c1. The van der Waals surface area contributed by atoms with Crippen LogP contribution in [0.15, 0.2) is 23.4 Å². The van der Waals surface area contributed by atoms with Gasteiger partial charge in [0.2, 0.25) is 0 Å². The molecule has 0 saturated heterocycles. The van der Waals surface area contributed by atoms with Gasteiger partial charge in [0.25, 0.3) is 0 Å². The predicted octanol–water partition coefficient (Wildman–Crippen LogP) is 4.10. The van der Waals surface area contributed by atoms with E-state index in [1.165, 1.54) is 0 Å². The quantitative estimate of drug-likeness (QED) is 0.386. The zero-order chi connectivity index (χ0) is 19.7. The van der Waals surface area contributed by atoms with Gasteiger partial charge in [0.15, 0.2) is 0 Å². The summed E-state index contributed by atoms with van der Waals surface area (Å²) in [5, 5.41) is 16.1. The van der Waals surface area contributed by atoms with Gasteiger partial charge in [-0.1, -0.05) is 34.4 Å². The first-order chi connectivity index (χ1) is 12.1. The number of hydrogen-bond donors (Lipinski definition) is 2. The van der Waals surface area contributed by atoms with Crippen molar-refractivity contribution in [3.8, 4) is 0 Å². The number of carboxylic acids is 1. The number of oxime groups is 1. The van der Waals surface area contributed by atoms with Gasteiger partial charge in [0, 0.05) is 12.0 Å². The Kier molecular flexibility index (Phi) is 8.68. The molecular weight excluding hydrogens is 383 g/mol. The van der Waals surface area contributed by atoms with Crippen LogP contribution in [0, 0.1) is 0 Å². The summed E-state index contributed by atoms with van der Waals surface area (Å²) in [5.74, 6) is -0.954. The third-order valence-electron chi connectivity index (χ3n) is 2.86. The van der Waals surface area contributed by atoms with E-state index in [9.17, 15) is 9.59 Å². The molecule has 0 aliphatic carbocycles. The Balaban J connectivity index is 2.62. The van der Waals surface area contributed by atoms with Gasteiger partial charge in [-0.3, -0.25) is 4.79 Å². The number of ether oxygens (including phenoxy) is 1. The first-order valence-corrected chi connectivity index (χ1v) is 8.67. The van der Waals surface area contributed by atoms with E-state index in [0.717, 1.165) is 0 Å². The lowest BCUT2D eigenvalue weighted by molar-refractivity contribution is -0.136. The molecule has 0 aliphatic rings. The Bertz CT molecular complexity index is 672. The molecule has 1 aromatic carbocycles. The van der Waals surface area contributed by atoms with Crippen molar-refractivity contribution in [2.45, 2.75) is 39.2 Å². The van der Waals surface area contributed by atoms with Gasteiger partial charge < -0.3 is 20.0 Å². The molecule has 26 heavy (non-hydrogen) atoms. The van der Waals surface area contributed by atoms with E-state index in [0.29, 0.717) is 21.3 Å². The number of halogens is 2. The van der Waals surface area contributed by atoms with Gasteiger partial charge in [0.1, 0.15) is 12.2 Å². The number of alkyl carbamates (subject to hydrolysis) is 1. The summed E-state index contributed by atoms with van der Waals surface area (Å²) in [6.45, 7) is 5.57. The fraction of sp³-hybridized carbons (Fsp3) is 0.471. The zero-order valence-corrected chi connectivity index (χ0v) is 16.4. The summed E-state index contributed by atoms with van der Waals surface area (Å²) in [4.78, 5) is 27.5. The Labute approximate surface area is 162 Å². The lowest BCUT2D eigenvalue weighted by Crippen LogP contribution is -2.34. The second-order valence-corrected chi connectivity index (χ2v) is 7.14. The molecule has 0 spiro atoms. The van der Waals surface area contributed by atoms with E-state index in [2.05, 4.69) is 10.5 Å². The van der Waals surface area contributed by atoms with Gasteiger partial charge in [0.05, 0.1) is 28.7 Å². The Morgan fingerprint density at radius 2 is 1.88 bits per heavy atom. The highest BCUT2D eigenvalue weighted by molar-refractivity contribution is 6.42. The van der Waals surface area contributed by atoms with Crippen LogP contribution in [0.3, 0.4) is 0 Å². The number of nitrogens with zero attached hydrogens (tertiary/aromatic N) is 1. The van der Waals surface area contributed by atoms with Crippen LogP contribution in [0.5, 0.6) is 0 Å². The van der Waals surface area contributed by atoms with Gasteiger partial charge in [-0.2, -0.15) is 0 Å². The second-order valence-electron chi connectivity index (χ2n) is 6.32. The largest absolute Gasteiger partial charge is 0.481 e. The number of carboxylic acid groups (broad SMARTS) is 1. The number of aliphatic carboxylic acids is 1. The normalized spacial score (nSPS) is 11.8. The van der Waals surface area contributed by atoms with Crippen molar-refractivity contribution in [3.05, 3.63) is 33.8 Å². The van der Waals surface area contributed by atoms with Gasteiger partial charge in [-0.25, -0.2) is 4.79 Å². The number of carbonyl (C=O) groups excluding carboxylic acids is 1. The van der Waals surface area contributed by atoms with Gasteiger partial charge in [-0.05, 0) is 32.9 Å². The maximum atomic E-state index is 11.5. The summed E-state index contributed by atoms with van der Waals surface area (Å²) >= 11 is 11.9. The highest BCUT2D eigenvalue weighted by Crippen LogP contribution is 2.23. The minimum atomic E-state index is -0.954. The Morgan fingerprint density at radius 1 is 1.19 bits per heavy atom. The van der Waals surface area contributed by atoms with Crippen LogP contribution >= 0.6 is 23.2 Å². The Morgan fingerprint density at radius 3 is 2.46 bits per heavy atom. The van der Waals surface area contributed by atoms with Gasteiger partial charge in [-0.15, -0.1) is 0 Å². The van der Waals surface area contributed by atoms with Crippen molar-refractivity contribution in [2.75, 3.05) is 13.2 Å². The van der Waals surface area contributed by atoms with E-state index in [1.54, 1.807) is 39.0 Å². The zero-order valence-electron chi connectivity index (χ0n) is 14.8. The molecule has 0 unspecified atom stereocenters. The maximum absolute atomic E-state index is 11.5. The molecule has 0 atom stereocenters. The minimum absolute atomic E-state index is 0.0944. The molecule has 1 aromatic rings. The molecule has 0 aromatic heterocycles. The van der Waals surface area contributed by atoms with E-state index in [-0.39, 0.29) is 26.0 Å². The lowest BCUT2D eigenvalue weighted by Gasteiger charge is -2.19. The number of carbonyl (C=O) groups is 2. The van der Waals surface area contributed by atoms with Crippen LogP contribution in [-0.4, -0.2) is 41.6 Å². The van der Waals surface area contributed by atoms with E-state index in [4.69, 9.17) is 37.9 Å². The smallest absolute Gasteiger partial charge is 0.407 e. The molecule has 2 N–H and O–H groups in total. The molecule has 0 bridgehead atoms. The average molecular weight is 405 g/mol. The molecule has 0 radical (unpaired) electrons. The van der Waals surface area contributed by atoms with Crippen molar-refractivity contribution in [1.82, 2.24) is 5.32 Å². The second kappa shape index (κ2) is 10.2. The van der Waals surface area contributed by atoms with Crippen LogP contribution in [0.2, 0.25) is 10.0 Å². The molecule has 1 amide bonds. The maximum Gasteiger partial charge on any atom is 0.407 e. The molecule has 9 heteroatoms. The first kappa shape index (κ1) is 22.1. The third kappa shape index (κ3) is 8.92. The van der Waals surface area contributed by atoms with Crippen molar-refractivity contribution < 1.29 is 24.3 Å². The van der Waals surface area contributed by atoms with Crippen molar-refractivity contribution in [2.24, 2.45) is 5.16 Å². The number of nitrogens with one attached hydrogen (secondary N) is 1. The van der Waals surface area contributed by atoms with Crippen molar-refractivity contribution in [3.63, 3.8) is 0 Å². The van der Waals surface area contributed by atoms with E-state index in [1.807, 2.05) is 0 Å². The van der Waals surface area contributed by atoms with Gasteiger partial charge >= 0.3 is 12.1 Å². The molecule has 7 nitrogen and oxygen atoms in total. The highest BCUT2D eigenvalue weighted by atomic mass is 35.5. The third-order valence-corrected chi connectivity index (χ3v) is 3.60. The van der Waals surface area contributed by atoms with Crippen LogP contribution in [0.1, 0.15) is 39.2 Å². The fourth-order valence-corrected chi connectivity index (χ4v) is 2.08. The number of amides is 1. The number of rotatable bonds is 8. The molecule has 144 valence electrons. The summed E-state index contributed by atoms with van der Waals surface area (Å²) < 4.78 is 5.09. The molecule has 0 heterocycles. The predicted molar refractivity (Wildman–Crippen MR) is 100 cm³/mol. The molecule has 0 aliphatic heterocycles. The van der Waals surface area contributed by atoms with E-state index >= 15 is 0 Å². The summed E-state index contributed by atoms with van der Waals surface area (Å²) in [5.41, 5.74) is 0.449. The molecule has 1 rings (SSSR count). The van der Waals surface area contributed by atoms with Crippen molar-refractivity contribution >= 4 is 41.0 Å². The molecule has 0 saturated carbocycles. The van der Waals surface area contributed by atoms with Crippen LogP contribution in [0.4, 0.5) is 4.79 Å². The summed E-state index contributed by atoms with van der Waals surface area (Å²) in [6, 6.07) is 4.86. The van der Waals surface area contributed by atoms with Crippen molar-refractivity contribution in [1.29, 1.82) is 0 Å². The van der Waals surface area contributed by atoms with Crippen LogP contribution in [-0.2, 0) is 14.4 Å². The van der Waals surface area contributed by atoms with Crippen LogP contribution < -0.4 is 5.32 Å². The summed E-state index contributed by atoms with van der Waals surface area (Å²) in [6.07, 6.45) is -0.508. The number of hydrogen-bond acceptors (Lipinski definition) is 5.